The lowest BCUT2D eigenvalue weighted by molar-refractivity contribution is 0.195. The van der Waals surface area contributed by atoms with Gasteiger partial charge in [-0.3, -0.25) is 0 Å². The molecular weight excluding hydrogens is 224 g/mol. The van der Waals surface area contributed by atoms with Gasteiger partial charge >= 0.3 is 0 Å². The lowest BCUT2D eigenvalue weighted by Crippen LogP contribution is -2.20. The summed E-state index contributed by atoms with van der Waals surface area (Å²) in [5.41, 5.74) is 0. The van der Waals surface area contributed by atoms with Crippen LogP contribution in [-0.4, -0.2) is 23.4 Å². The number of hydrogen-bond acceptors (Lipinski definition) is 2. The SMILES string of the molecule is OCCC1[C@H]2C=C[C@H]3C(CCO)[C@@H]4C=C[C@H]1C4C23. The van der Waals surface area contributed by atoms with Crippen LogP contribution in [-0.2, 0) is 0 Å². The summed E-state index contributed by atoms with van der Waals surface area (Å²) < 4.78 is 0. The van der Waals surface area contributed by atoms with Crippen molar-refractivity contribution < 1.29 is 10.2 Å². The summed E-state index contributed by atoms with van der Waals surface area (Å²) in [5.74, 6) is 5.76. The van der Waals surface area contributed by atoms with Crippen LogP contribution in [0.2, 0.25) is 0 Å². The summed E-state index contributed by atoms with van der Waals surface area (Å²) in [5, 5.41) is 18.6. The van der Waals surface area contributed by atoms with E-state index in [4.69, 9.17) is 0 Å². The Hall–Kier alpha value is -0.600. The highest BCUT2D eigenvalue weighted by atomic mass is 16.3. The normalized spacial score (nSPS) is 54.6. The molecule has 0 bridgehead atoms. The third-order valence-electron chi connectivity index (χ3n) is 6.24. The Morgan fingerprint density at radius 2 is 0.944 bits per heavy atom. The van der Waals surface area contributed by atoms with E-state index >= 15 is 0 Å². The van der Waals surface area contributed by atoms with E-state index in [2.05, 4.69) is 24.3 Å². The van der Waals surface area contributed by atoms with Crippen molar-refractivity contribution in [3.8, 4) is 0 Å². The van der Waals surface area contributed by atoms with Crippen molar-refractivity contribution in [2.45, 2.75) is 12.8 Å². The van der Waals surface area contributed by atoms with Gasteiger partial charge in [-0.15, -0.1) is 0 Å². The molecular formula is C16H22O2. The molecule has 0 radical (unpaired) electrons. The second-order valence-corrected chi connectivity index (χ2v) is 6.59. The Labute approximate surface area is 108 Å². The van der Waals surface area contributed by atoms with Gasteiger partial charge in [0.2, 0.25) is 0 Å². The van der Waals surface area contributed by atoms with E-state index < -0.39 is 0 Å². The Balaban J connectivity index is 1.68. The quantitative estimate of drug-likeness (QED) is 0.743. The van der Waals surface area contributed by atoms with Crippen molar-refractivity contribution in [2.24, 2.45) is 47.3 Å². The molecule has 0 amide bonds. The number of rotatable bonds is 4. The molecule has 18 heavy (non-hydrogen) atoms. The molecule has 2 fully saturated rings. The molecule has 4 aliphatic carbocycles. The van der Waals surface area contributed by atoms with Gasteiger partial charge in [0.25, 0.3) is 0 Å². The van der Waals surface area contributed by atoms with E-state index in [9.17, 15) is 10.2 Å². The molecule has 0 saturated heterocycles. The van der Waals surface area contributed by atoms with Crippen LogP contribution < -0.4 is 0 Å². The number of hydrogen-bond donors (Lipinski definition) is 2. The zero-order valence-corrected chi connectivity index (χ0v) is 10.7. The Kier molecular flexibility index (Phi) is 2.46. The maximum absolute atomic E-state index is 9.30. The molecule has 2 heteroatoms. The zero-order valence-electron chi connectivity index (χ0n) is 10.7. The topological polar surface area (TPSA) is 40.5 Å². The van der Waals surface area contributed by atoms with Crippen LogP contribution in [0.25, 0.3) is 0 Å². The van der Waals surface area contributed by atoms with Crippen molar-refractivity contribution >= 4 is 0 Å². The number of aliphatic hydroxyl groups is 2. The highest BCUT2D eigenvalue weighted by Gasteiger charge is 2.63. The molecule has 0 heterocycles. The molecule has 0 aromatic carbocycles. The molecule has 2 unspecified atom stereocenters. The van der Waals surface area contributed by atoms with Gasteiger partial charge in [-0.2, -0.15) is 0 Å². The Bertz CT molecular complexity index is 334. The van der Waals surface area contributed by atoms with Crippen LogP contribution >= 0.6 is 0 Å². The van der Waals surface area contributed by atoms with Crippen LogP contribution in [0.1, 0.15) is 12.8 Å². The fourth-order valence-electron chi connectivity index (χ4n) is 5.86. The van der Waals surface area contributed by atoms with Crippen LogP contribution in [0.3, 0.4) is 0 Å². The first kappa shape index (κ1) is 11.2. The van der Waals surface area contributed by atoms with Crippen molar-refractivity contribution in [2.75, 3.05) is 13.2 Å². The minimum atomic E-state index is 0.328. The smallest absolute Gasteiger partial charge is 0.0434 e. The van der Waals surface area contributed by atoms with Crippen LogP contribution in [0, 0.1) is 47.3 Å². The molecule has 2 nitrogen and oxygen atoms in total. The molecule has 6 atom stereocenters. The van der Waals surface area contributed by atoms with Crippen LogP contribution in [0.15, 0.2) is 24.3 Å². The molecule has 4 rings (SSSR count). The molecule has 0 spiro atoms. The summed E-state index contributed by atoms with van der Waals surface area (Å²) in [4.78, 5) is 0. The summed E-state index contributed by atoms with van der Waals surface area (Å²) >= 11 is 0. The predicted molar refractivity (Wildman–Crippen MR) is 69.6 cm³/mol. The van der Waals surface area contributed by atoms with Gasteiger partial charge in [0.05, 0.1) is 0 Å². The van der Waals surface area contributed by atoms with Crippen LogP contribution in [0.4, 0.5) is 0 Å². The Morgan fingerprint density at radius 3 is 1.22 bits per heavy atom. The van der Waals surface area contributed by atoms with E-state index in [-0.39, 0.29) is 0 Å². The first-order chi connectivity index (χ1) is 8.86. The van der Waals surface area contributed by atoms with Gasteiger partial charge in [0.1, 0.15) is 0 Å². The third-order valence-corrected chi connectivity index (χ3v) is 6.24. The van der Waals surface area contributed by atoms with Gasteiger partial charge in [0, 0.05) is 13.2 Å². The summed E-state index contributed by atoms with van der Waals surface area (Å²) in [7, 11) is 0. The largest absolute Gasteiger partial charge is 0.396 e. The summed E-state index contributed by atoms with van der Waals surface area (Å²) in [6.45, 7) is 0.655. The highest BCUT2D eigenvalue weighted by Crippen LogP contribution is 2.68. The Morgan fingerprint density at radius 1 is 0.611 bits per heavy atom. The van der Waals surface area contributed by atoms with Gasteiger partial charge in [-0.25, -0.2) is 0 Å². The van der Waals surface area contributed by atoms with Crippen molar-refractivity contribution in [1.29, 1.82) is 0 Å². The highest BCUT2D eigenvalue weighted by molar-refractivity contribution is 5.29. The predicted octanol–water partition coefficient (Wildman–Crippen LogP) is 1.85. The van der Waals surface area contributed by atoms with Crippen molar-refractivity contribution in [3.05, 3.63) is 24.3 Å². The number of allylic oxidation sites excluding steroid dienone is 4. The maximum atomic E-state index is 9.30. The standard InChI is InChI=1S/C16H22O2/c17-7-5-9-11-1-2-12-10(6-8-18)14-4-3-13(9)16(14)15(11)12/h1-4,9-18H,5-8H2/t9?,10?,11-,12+,13-,14+,15?,16?. The van der Waals surface area contributed by atoms with Gasteiger partial charge < -0.3 is 10.2 Å². The van der Waals surface area contributed by atoms with Gasteiger partial charge in [-0.05, 0) is 60.2 Å². The fraction of sp³-hybridized carbons (Fsp3) is 0.750. The van der Waals surface area contributed by atoms with Crippen molar-refractivity contribution in [3.63, 3.8) is 0 Å². The second-order valence-electron chi connectivity index (χ2n) is 6.59. The van der Waals surface area contributed by atoms with Gasteiger partial charge in [0.15, 0.2) is 0 Å². The van der Waals surface area contributed by atoms with Crippen LogP contribution in [0.5, 0.6) is 0 Å². The second kappa shape index (κ2) is 3.94. The molecule has 98 valence electrons. The number of aliphatic hydroxyl groups excluding tert-OH is 2. The first-order valence-corrected chi connectivity index (χ1v) is 7.45. The first-order valence-electron chi connectivity index (χ1n) is 7.45. The molecule has 0 aliphatic heterocycles. The average molecular weight is 246 g/mol. The minimum absolute atomic E-state index is 0.328. The minimum Gasteiger partial charge on any atom is -0.396 e. The van der Waals surface area contributed by atoms with E-state index in [1.807, 2.05) is 0 Å². The maximum Gasteiger partial charge on any atom is 0.0434 e. The lowest BCUT2D eigenvalue weighted by atomic mass is 9.81. The van der Waals surface area contributed by atoms with Crippen molar-refractivity contribution in [1.82, 2.24) is 0 Å². The molecule has 0 aromatic rings. The molecule has 4 aliphatic rings. The monoisotopic (exact) mass is 246 g/mol. The lowest BCUT2D eigenvalue weighted by Gasteiger charge is -2.24. The molecule has 2 N–H and O–H groups in total. The molecule has 2 saturated carbocycles. The van der Waals surface area contributed by atoms with E-state index in [1.54, 1.807) is 0 Å². The average Bonchev–Trinajstić information content (AvgIpc) is 3.04. The van der Waals surface area contributed by atoms with E-state index in [0.29, 0.717) is 48.7 Å². The van der Waals surface area contributed by atoms with Gasteiger partial charge in [-0.1, -0.05) is 24.3 Å². The zero-order chi connectivity index (χ0) is 12.3. The summed E-state index contributed by atoms with van der Waals surface area (Å²) in [6, 6.07) is 0. The summed E-state index contributed by atoms with van der Waals surface area (Å²) in [6.07, 6.45) is 11.7. The third kappa shape index (κ3) is 1.21. The van der Waals surface area contributed by atoms with E-state index in [0.717, 1.165) is 24.7 Å². The molecule has 0 aromatic heterocycles. The van der Waals surface area contributed by atoms with E-state index in [1.165, 1.54) is 0 Å². The fourth-order valence-corrected chi connectivity index (χ4v) is 5.86.